The lowest BCUT2D eigenvalue weighted by molar-refractivity contribution is -0.0393. The summed E-state index contributed by atoms with van der Waals surface area (Å²) in [6.07, 6.45) is -0.0958. The Hall–Kier alpha value is -1.17. The summed E-state index contributed by atoms with van der Waals surface area (Å²) in [6, 6.07) is 4.50. The van der Waals surface area contributed by atoms with Crippen molar-refractivity contribution in [2.45, 2.75) is 19.1 Å². The van der Waals surface area contributed by atoms with Gasteiger partial charge >= 0.3 is 0 Å². The van der Waals surface area contributed by atoms with Crippen LogP contribution in [-0.4, -0.2) is 44.4 Å². The van der Waals surface area contributed by atoms with Crippen LogP contribution in [-0.2, 0) is 4.74 Å². The SMILES string of the molecule is CCN1CCOC(C(N)c2ccc(OC)c(F)c2)C1. The molecule has 0 aliphatic carbocycles. The monoisotopic (exact) mass is 268 g/mol. The van der Waals surface area contributed by atoms with Crippen molar-refractivity contribution >= 4 is 0 Å². The molecule has 1 heterocycles. The molecule has 2 N–H and O–H groups in total. The van der Waals surface area contributed by atoms with Gasteiger partial charge in [-0.1, -0.05) is 13.0 Å². The van der Waals surface area contributed by atoms with Gasteiger partial charge in [0.25, 0.3) is 0 Å². The van der Waals surface area contributed by atoms with Gasteiger partial charge in [-0.05, 0) is 24.2 Å². The molecule has 0 aromatic heterocycles. The quantitative estimate of drug-likeness (QED) is 0.900. The van der Waals surface area contributed by atoms with Gasteiger partial charge in [0.1, 0.15) is 0 Å². The minimum absolute atomic E-state index is 0.0958. The van der Waals surface area contributed by atoms with E-state index < -0.39 is 5.82 Å². The zero-order valence-electron chi connectivity index (χ0n) is 11.4. The molecule has 0 amide bonds. The molecule has 106 valence electrons. The summed E-state index contributed by atoms with van der Waals surface area (Å²) in [5.74, 6) is -0.158. The van der Waals surface area contributed by atoms with Crippen LogP contribution in [0.25, 0.3) is 0 Å². The van der Waals surface area contributed by atoms with Crippen molar-refractivity contribution in [3.05, 3.63) is 29.6 Å². The zero-order chi connectivity index (χ0) is 13.8. The summed E-state index contributed by atoms with van der Waals surface area (Å²) in [6.45, 7) is 5.47. The maximum atomic E-state index is 13.7. The van der Waals surface area contributed by atoms with Crippen LogP contribution in [0.1, 0.15) is 18.5 Å². The second-order valence-electron chi connectivity index (χ2n) is 4.72. The van der Waals surface area contributed by atoms with Crippen molar-refractivity contribution in [2.24, 2.45) is 5.73 Å². The topological polar surface area (TPSA) is 47.7 Å². The molecule has 1 aliphatic rings. The van der Waals surface area contributed by atoms with Crippen molar-refractivity contribution in [3.63, 3.8) is 0 Å². The Bertz CT molecular complexity index is 428. The van der Waals surface area contributed by atoms with E-state index in [1.54, 1.807) is 12.1 Å². The number of rotatable bonds is 4. The molecule has 1 saturated heterocycles. The third-order valence-electron chi connectivity index (χ3n) is 3.59. The van der Waals surface area contributed by atoms with Gasteiger partial charge in [0, 0.05) is 13.1 Å². The highest BCUT2D eigenvalue weighted by Crippen LogP contribution is 2.25. The fourth-order valence-electron chi connectivity index (χ4n) is 2.34. The van der Waals surface area contributed by atoms with Crippen LogP contribution < -0.4 is 10.5 Å². The van der Waals surface area contributed by atoms with E-state index in [1.807, 2.05) is 0 Å². The first-order chi connectivity index (χ1) is 9.15. The first-order valence-electron chi connectivity index (χ1n) is 6.58. The second-order valence-corrected chi connectivity index (χ2v) is 4.72. The van der Waals surface area contributed by atoms with E-state index in [4.69, 9.17) is 15.2 Å². The van der Waals surface area contributed by atoms with Gasteiger partial charge in [-0.3, -0.25) is 4.90 Å². The summed E-state index contributed by atoms with van der Waals surface area (Å²) >= 11 is 0. The van der Waals surface area contributed by atoms with E-state index in [0.717, 1.165) is 25.2 Å². The lowest BCUT2D eigenvalue weighted by Crippen LogP contribution is -2.46. The highest BCUT2D eigenvalue weighted by atomic mass is 19.1. The van der Waals surface area contributed by atoms with Gasteiger partial charge in [-0.25, -0.2) is 4.39 Å². The van der Waals surface area contributed by atoms with Crippen molar-refractivity contribution < 1.29 is 13.9 Å². The fourth-order valence-corrected chi connectivity index (χ4v) is 2.34. The predicted molar refractivity (Wildman–Crippen MR) is 71.7 cm³/mol. The number of likely N-dealkylation sites (N-methyl/N-ethyl adjacent to an activating group) is 1. The lowest BCUT2D eigenvalue weighted by Gasteiger charge is -2.35. The zero-order valence-corrected chi connectivity index (χ0v) is 11.4. The molecule has 2 rings (SSSR count). The van der Waals surface area contributed by atoms with Crippen molar-refractivity contribution in [2.75, 3.05) is 33.4 Å². The third kappa shape index (κ3) is 3.23. The molecule has 0 saturated carbocycles. The summed E-state index contributed by atoms with van der Waals surface area (Å²) in [4.78, 5) is 2.29. The van der Waals surface area contributed by atoms with E-state index in [-0.39, 0.29) is 17.9 Å². The third-order valence-corrected chi connectivity index (χ3v) is 3.59. The Morgan fingerprint density at radius 3 is 3.00 bits per heavy atom. The van der Waals surface area contributed by atoms with Gasteiger partial charge in [0.05, 0.1) is 25.9 Å². The number of hydrogen-bond donors (Lipinski definition) is 1. The number of morpholine rings is 1. The minimum Gasteiger partial charge on any atom is -0.494 e. The number of benzene rings is 1. The van der Waals surface area contributed by atoms with E-state index >= 15 is 0 Å². The maximum Gasteiger partial charge on any atom is 0.165 e. The fraction of sp³-hybridized carbons (Fsp3) is 0.571. The molecular formula is C14H21FN2O2. The van der Waals surface area contributed by atoms with Crippen LogP contribution in [0.15, 0.2) is 18.2 Å². The predicted octanol–water partition coefficient (Wildman–Crippen LogP) is 1.55. The molecular weight excluding hydrogens is 247 g/mol. The summed E-state index contributed by atoms with van der Waals surface area (Å²) in [5.41, 5.74) is 6.93. The first-order valence-corrected chi connectivity index (χ1v) is 6.58. The molecule has 1 aliphatic heterocycles. The Labute approximate surface area is 113 Å². The van der Waals surface area contributed by atoms with Crippen LogP contribution in [0.2, 0.25) is 0 Å². The van der Waals surface area contributed by atoms with Gasteiger partial charge in [0.2, 0.25) is 0 Å². The van der Waals surface area contributed by atoms with Crippen molar-refractivity contribution in [1.29, 1.82) is 0 Å². The number of nitrogens with two attached hydrogens (primary N) is 1. The van der Waals surface area contributed by atoms with E-state index in [0.29, 0.717) is 6.61 Å². The molecule has 1 aromatic rings. The lowest BCUT2D eigenvalue weighted by atomic mass is 10.0. The van der Waals surface area contributed by atoms with E-state index in [9.17, 15) is 4.39 Å². The number of hydrogen-bond acceptors (Lipinski definition) is 4. The minimum atomic E-state index is -0.390. The van der Waals surface area contributed by atoms with Crippen molar-refractivity contribution in [1.82, 2.24) is 4.90 Å². The first kappa shape index (κ1) is 14.2. The average molecular weight is 268 g/mol. The molecule has 1 aromatic carbocycles. The molecule has 0 radical (unpaired) electrons. The number of methoxy groups -OCH3 is 1. The van der Waals surface area contributed by atoms with Crippen LogP contribution in [0.5, 0.6) is 5.75 Å². The molecule has 0 spiro atoms. The average Bonchev–Trinajstić information content (AvgIpc) is 2.46. The normalized spacial score (nSPS) is 22.2. The second kappa shape index (κ2) is 6.32. The van der Waals surface area contributed by atoms with Crippen LogP contribution in [0, 0.1) is 5.82 Å². The molecule has 5 heteroatoms. The molecule has 2 atom stereocenters. The largest absolute Gasteiger partial charge is 0.494 e. The Kier molecular flexibility index (Phi) is 4.74. The molecule has 0 bridgehead atoms. The number of nitrogens with zero attached hydrogens (tertiary/aromatic N) is 1. The summed E-state index contributed by atoms with van der Waals surface area (Å²) in [5, 5.41) is 0. The Balaban J connectivity index is 2.10. The molecule has 4 nitrogen and oxygen atoms in total. The van der Waals surface area contributed by atoms with E-state index in [2.05, 4.69) is 11.8 Å². The van der Waals surface area contributed by atoms with Crippen molar-refractivity contribution in [3.8, 4) is 5.75 Å². The van der Waals surface area contributed by atoms with Crippen LogP contribution in [0.3, 0.4) is 0 Å². The Morgan fingerprint density at radius 2 is 2.37 bits per heavy atom. The highest BCUT2D eigenvalue weighted by Gasteiger charge is 2.26. The smallest absolute Gasteiger partial charge is 0.165 e. The molecule has 19 heavy (non-hydrogen) atoms. The highest BCUT2D eigenvalue weighted by molar-refractivity contribution is 5.31. The summed E-state index contributed by atoms with van der Waals surface area (Å²) < 4.78 is 24.3. The van der Waals surface area contributed by atoms with E-state index in [1.165, 1.54) is 13.2 Å². The summed E-state index contributed by atoms with van der Waals surface area (Å²) in [7, 11) is 1.45. The Morgan fingerprint density at radius 1 is 1.58 bits per heavy atom. The maximum absolute atomic E-state index is 13.7. The van der Waals surface area contributed by atoms with Gasteiger partial charge in [-0.2, -0.15) is 0 Å². The van der Waals surface area contributed by atoms with Crippen LogP contribution in [0.4, 0.5) is 4.39 Å². The molecule has 1 fully saturated rings. The van der Waals surface area contributed by atoms with Gasteiger partial charge in [0.15, 0.2) is 11.6 Å². The standard InChI is InChI=1S/C14H21FN2O2/c1-3-17-6-7-19-13(9-17)14(16)10-4-5-12(18-2)11(15)8-10/h4-5,8,13-14H,3,6-7,9,16H2,1-2H3. The molecule has 2 unspecified atom stereocenters. The van der Waals surface area contributed by atoms with Gasteiger partial charge in [-0.15, -0.1) is 0 Å². The number of ether oxygens (including phenoxy) is 2. The van der Waals surface area contributed by atoms with Crippen LogP contribution >= 0.6 is 0 Å². The number of halogens is 1. The van der Waals surface area contributed by atoms with Gasteiger partial charge < -0.3 is 15.2 Å².